The van der Waals surface area contributed by atoms with Gasteiger partial charge in [0.15, 0.2) is 0 Å². The van der Waals surface area contributed by atoms with Crippen LogP contribution >= 0.6 is 11.3 Å². The SMILES string of the molecule is Cc1occc1CN(C)C(=O)c1ccc(C#CCN)s1. The third-order valence-corrected chi connectivity index (χ3v) is 3.84. The molecule has 0 fully saturated rings. The first kappa shape index (κ1) is 14.4. The molecule has 0 aliphatic carbocycles. The first-order chi connectivity index (χ1) is 9.61. The fraction of sp³-hybridized carbons (Fsp3) is 0.267. The molecule has 0 aromatic carbocycles. The van der Waals surface area contributed by atoms with Crippen molar-refractivity contribution >= 4 is 17.2 Å². The largest absolute Gasteiger partial charge is 0.469 e. The quantitative estimate of drug-likeness (QED) is 0.881. The maximum atomic E-state index is 12.3. The van der Waals surface area contributed by atoms with E-state index >= 15 is 0 Å². The van der Waals surface area contributed by atoms with Gasteiger partial charge in [0.2, 0.25) is 0 Å². The number of nitrogens with zero attached hydrogens (tertiary/aromatic N) is 1. The second kappa shape index (κ2) is 6.42. The van der Waals surface area contributed by atoms with Gasteiger partial charge in [-0.25, -0.2) is 0 Å². The van der Waals surface area contributed by atoms with E-state index in [-0.39, 0.29) is 5.91 Å². The topological polar surface area (TPSA) is 59.5 Å². The molecule has 0 aliphatic rings. The summed E-state index contributed by atoms with van der Waals surface area (Å²) in [6.07, 6.45) is 1.63. The second-order valence-corrected chi connectivity index (χ2v) is 5.42. The Labute approximate surface area is 122 Å². The lowest BCUT2D eigenvalue weighted by molar-refractivity contribution is 0.0789. The minimum absolute atomic E-state index is 0.0172. The van der Waals surface area contributed by atoms with E-state index in [4.69, 9.17) is 10.2 Å². The summed E-state index contributed by atoms with van der Waals surface area (Å²) in [7, 11) is 1.78. The summed E-state index contributed by atoms with van der Waals surface area (Å²) < 4.78 is 5.23. The third-order valence-electron chi connectivity index (χ3n) is 2.85. The van der Waals surface area contributed by atoms with Gasteiger partial charge in [0, 0.05) is 19.2 Å². The Hall–Kier alpha value is -2.03. The average molecular weight is 288 g/mol. The minimum Gasteiger partial charge on any atom is -0.469 e. The van der Waals surface area contributed by atoms with Gasteiger partial charge in [-0.1, -0.05) is 11.8 Å². The number of hydrogen-bond acceptors (Lipinski definition) is 4. The molecule has 0 saturated carbocycles. The minimum atomic E-state index is -0.0172. The molecule has 2 aromatic rings. The van der Waals surface area contributed by atoms with Gasteiger partial charge in [-0.2, -0.15) is 0 Å². The van der Waals surface area contributed by atoms with E-state index in [2.05, 4.69) is 11.8 Å². The number of nitrogens with two attached hydrogens (primary N) is 1. The zero-order valence-corrected chi connectivity index (χ0v) is 12.3. The number of furan rings is 1. The van der Waals surface area contributed by atoms with E-state index in [0.29, 0.717) is 18.0 Å². The van der Waals surface area contributed by atoms with Crippen LogP contribution in [0.1, 0.15) is 25.9 Å². The van der Waals surface area contributed by atoms with Gasteiger partial charge >= 0.3 is 0 Å². The molecule has 0 atom stereocenters. The Kier molecular flexibility index (Phi) is 4.61. The lowest BCUT2D eigenvalue weighted by atomic mass is 10.2. The lowest BCUT2D eigenvalue weighted by Crippen LogP contribution is -2.25. The van der Waals surface area contributed by atoms with Crippen LogP contribution in [0.4, 0.5) is 0 Å². The van der Waals surface area contributed by atoms with Crippen LogP contribution in [0.25, 0.3) is 0 Å². The van der Waals surface area contributed by atoms with Crippen LogP contribution in [0.5, 0.6) is 0 Å². The molecule has 4 nitrogen and oxygen atoms in total. The molecule has 2 aromatic heterocycles. The smallest absolute Gasteiger partial charge is 0.264 e. The molecule has 20 heavy (non-hydrogen) atoms. The Morgan fingerprint density at radius 2 is 2.25 bits per heavy atom. The molecule has 5 heteroatoms. The monoisotopic (exact) mass is 288 g/mol. The first-order valence-electron chi connectivity index (χ1n) is 6.19. The molecule has 0 radical (unpaired) electrons. The maximum Gasteiger partial charge on any atom is 0.264 e. The van der Waals surface area contributed by atoms with E-state index in [1.54, 1.807) is 24.3 Å². The van der Waals surface area contributed by atoms with E-state index in [9.17, 15) is 4.79 Å². The van der Waals surface area contributed by atoms with Crippen LogP contribution in [-0.4, -0.2) is 24.4 Å². The summed E-state index contributed by atoms with van der Waals surface area (Å²) >= 11 is 1.38. The molecular formula is C15H16N2O2S. The van der Waals surface area contributed by atoms with Gasteiger partial charge in [0.05, 0.1) is 22.6 Å². The van der Waals surface area contributed by atoms with Gasteiger partial charge in [-0.05, 0) is 25.1 Å². The molecule has 0 bridgehead atoms. The van der Waals surface area contributed by atoms with Crippen LogP contribution < -0.4 is 5.73 Å². The number of thiophene rings is 1. The number of carbonyl (C=O) groups excluding carboxylic acids is 1. The molecular weight excluding hydrogens is 272 g/mol. The van der Waals surface area contributed by atoms with Crippen molar-refractivity contribution in [1.82, 2.24) is 4.90 Å². The summed E-state index contributed by atoms with van der Waals surface area (Å²) in [6, 6.07) is 5.52. The Bertz CT molecular complexity index is 661. The Balaban J connectivity index is 2.07. The fourth-order valence-electron chi connectivity index (χ4n) is 1.75. The summed E-state index contributed by atoms with van der Waals surface area (Å²) in [5.74, 6) is 6.53. The maximum absolute atomic E-state index is 12.3. The number of hydrogen-bond donors (Lipinski definition) is 1. The standard InChI is InChI=1S/C15H16N2O2S/c1-11-12(7-9-19-11)10-17(2)15(18)14-6-5-13(20-14)4-3-8-16/h5-7,9H,8,10,16H2,1-2H3. The predicted molar refractivity (Wildman–Crippen MR) is 79.5 cm³/mol. The Morgan fingerprint density at radius 3 is 2.90 bits per heavy atom. The van der Waals surface area contributed by atoms with Gasteiger partial charge in [0.25, 0.3) is 5.91 Å². The van der Waals surface area contributed by atoms with Gasteiger partial charge in [-0.3, -0.25) is 4.79 Å². The highest BCUT2D eigenvalue weighted by Gasteiger charge is 2.15. The van der Waals surface area contributed by atoms with Crippen LogP contribution in [0.15, 0.2) is 28.9 Å². The third kappa shape index (κ3) is 3.29. The highest BCUT2D eigenvalue weighted by atomic mass is 32.1. The van der Waals surface area contributed by atoms with Crippen LogP contribution in [0.2, 0.25) is 0 Å². The Morgan fingerprint density at radius 1 is 1.45 bits per heavy atom. The van der Waals surface area contributed by atoms with Gasteiger partial charge in [0.1, 0.15) is 5.76 Å². The van der Waals surface area contributed by atoms with Crippen molar-refractivity contribution in [3.8, 4) is 11.8 Å². The molecule has 0 saturated heterocycles. The summed E-state index contributed by atoms with van der Waals surface area (Å²) in [5, 5.41) is 0. The summed E-state index contributed by atoms with van der Waals surface area (Å²) in [4.78, 5) is 15.5. The zero-order valence-electron chi connectivity index (χ0n) is 11.5. The van der Waals surface area contributed by atoms with Crippen molar-refractivity contribution in [3.63, 3.8) is 0 Å². The van der Waals surface area contributed by atoms with E-state index in [1.165, 1.54) is 11.3 Å². The van der Waals surface area contributed by atoms with Crippen LogP contribution in [-0.2, 0) is 6.54 Å². The number of carbonyl (C=O) groups is 1. The average Bonchev–Trinajstić information content (AvgIpc) is 3.05. The first-order valence-corrected chi connectivity index (χ1v) is 7.00. The highest BCUT2D eigenvalue weighted by molar-refractivity contribution is 7.14. The fourth-order valence-corrected chi connectivity index (χ4v) is 2.62. The number of rotatable bonds is 3. The summed E-state index contributed by atoms with van der Waals surface area (Å²) in [6.45, 7) is 2.74. The van der Waals surface area contributed by atoms with Crippen molar-refractivity contribution in [1.29, 1.82) is 0 Å². The van der Waals surface area contributed by atoms with E-state index in [1.807, 2.05) is 19.1 Å². The molecule has 2 heterocycles. The molecule has 0 spiro atoms. The molecule has 2 N–H and O–H groups in total. The summed E-state index contributed by atoms with van der Waals surface area (Å²) in [5.41, 5.74) is 6.34. The van der Waals surface area contributed by atoms with Crippen LogP contribution in [0, 0.1) is 18.8 Å². The number of aryl methyl sites for hydroxylation is 1. The second-order valence-electron chi connectivity index (χ2n) is 4.33. The van der Waals surface area contributed by atoms with Crippen molar-refractivity contribution in [2.45, 2.75) is 13.5 Å². The van der Waals surface area contributed by atoms with Crippen LogP contribution in [0.3, 0.4) is 0 Å². The molecule has 1 amide bonds. The van der Waals surface area contributed by atoms with Gasteiger partial charge < -0.3 is 15.1 Å². The predicted octanol–water partition coefficient (Wildman–Crippen LogP) is 2.23. The number of amides is 1. The van der Waals surface area contributed by atoms with E-state index in [0.717, 1.165) is 16.2 Å². The molecule has 0 aliphatic heterocycles. The van der Waals surface area contributed by atoms with E-state index < -0.39 is 0 Å². The lowest BCUT2D eigenvalue weighted by Gasteiger charge is -2.15. The molecule has 104 valence electrons. The van der Waals surface area contributed by atoms with Gasteiger partial charge in [-0.15, -0.1) is 11.3 Å². The van der Waals surface area contributed by atoms with Crippen molar-refractivity contribution < 1.29 is 9.21 Å². The van der Waals surface area contributed by atoms with Crippen molar-refractivity contribution in [2.24, 2.45) is 5.73 Å². The zero-order chi connectivity index (χ0) is 14.5. The van der Waals surface area contributed by atoms with Crippen molar-refractivity contribution in [2.75, 3.05) is 13.6 Å². The highest BCUT2D eigenvalue weighted by Crippen LogP contribution is 2.19. The van der Waals surface area contributed by atoms with Crippen molar-refractivity contribution in [3.05, 3.63) is 45.5 Å². The molecule has 0 unspecified atom stereocenters. The molecule has 2 rings (SSSR count). The normalized spacial score (nSPS) is 9.95.